The molecule has 0 unspecified atom stereocenters. The number of benzene rings is 1. The van der Waals surface area contributed by atoms with Gasteiger partial charge in [0.05, 0.1) is 5.69 Å². The van der Waals surface area contributed by atoms with Crippen molar-refractivity contribution in [1.29, 1.82) is 0 Å². The molecule has 0 radical (unpaired) electrons. The standard InChI is InChI=1S/C8H7ClN2O2S.K.H/c1-5-10-7-3-2-6(9)4-8(7)14(12,13)11-5;;/h2-4H,1H3,(H,10,11);;/q;+1;-1. The van der Waals surface area contributed by atoms with E-state index in [-0.39, 0.29) is 57.7 Å². The second kappa shape index (κ2) is 4.83. The molecule has 2 rings (SSSR count). The Labute approximate surface area is 137 Å². The summed E-state index contributed by atoms with van der Waals surface area (Å²) < 4.78 is 26.6. The van der Waals surface area contributed by atoms with E-state index in [2.05, 4.69) is 9.71 Å². The number of nitrogens with zero attached hydrogens (tertiary/aromatic N) is 1. The van der Waals surface area contributed by atoms with E-state index < -0.39 is 10.0 Å². The van der Waals surface area contributed by atoms with Gasteiger partial charge in [0.2, 0.25) is 0 Å². The Bertz CT molecular complexity index is 533. The van der Waals surface area contributed by atoms with Gasteiger partial charge in [0.1, 0.15) is 10.7 Å². The number of sulfonamides is 1. The Morgan fingerprint density at radius 1 is 1.47 bits per heavy atom. The molecule has 0 amide bonds. The van der Waals surface area contributed by atoms with Gasteiger partial charge in [0, 0.05) is 5.02 Å². The normalized spacial score (nSPS) is 16.8. The van der Waals surface area contributed by atoms with Gasteiger partial charge in [-0.1, -0.05) is 11.6 Å². The monoisotopic (exact) mass is 270 g/mol. The summed E-state index contributed by atoms with van der Waals surface area (Å²) in [5.41, 5.74) is 0.516. The van der Waals surface area contributed by atoms with Crippen LogP contribution >= 0.6 is 11.6 Å². The summed E-state index contributed by atoms with van der Waals surface area (Å²) in [6, 6.07) is 4.63. The molecular weight excluding hydrogens is 263 g/mol. The molecule has 1 aromatic rings. The number of hydrogen-bond acceptors (Lipinski definition) is 3. The van der Waals surface area contributed by atoms with Crippen molar-refractivity contribution in [3.63, 3.8) is 0 Å². The van der Waals surface area contributed by atoms with Crippen LogP contribution in [-0.4, -0.2) is 14.3 Å². The fourth-order valence-corrected chi connectivity index (χ4v) is 2.67. The first-order chi connectivity index (χ1) is 6.49. The van der Waals surface area contributed by atoms with Crippen molar-refractivity contribution in [2.24, 2.45) is 4.40 Å². The van der Waals surface area contributed by atoms with E-state index in [9.17, 15) is 8.42 Å². The molecule has 0 atom stereocenters. The summed E-state index contributed by atoms with van der Waals surface area (Å²) in [5, 5.41) is 3.23. The topological polar surface area (TPSA) is 58.5 Å². The largest absolute Gasteiger partial charge is 1.00 e. The Morgan fingerprint density at radius 3 is 2.80 bits per heavy atom. The number of nitrogens with one attached hydrogen (secondary N) is 1. The molecule has 7 heteroatoms. The predicted molar refractivity (Wildman–Crippen MR) is 56.5 cm³/mol. The quantitative estimate of drug-likeness (QED) is 0.615. The zero-order valence-corrected chi connectivity index (χ0v) is 13.0. The fourth-order valence-electron chi connectivity index (χ4n) is 1.26. The molecule has 0 spiro atoms. The van der Waals surface area contributed by atoms with Gasteiger partial charge < -0.3 is 6.74 Å². The minimum absolute atomic E-state index is 0. The SMILES string of the molecule is CC1=NS(=O)(=O)c2cc(Cl)ccc2N1.[H-].[K+]. The van der Waals surface area contributed by atoms with Gasteiger partial charge in [-0.25, -0.2) is 0 Å². The zero-order valence-electron chi connectivity index (χ0n) is 9.28. The van der Waals surface area contributed by atoms with Crippen LogP contribution < -0.4 is 56.7 Å². The number of anilines is 1. The van der Waals surface area contributed by atoms with Gasteiger partial charge in [0.25, 0.3) is 10.0 Å². The Hall–Kier alpha value is 0.566. The van der Waals surface area contributed by atoms with Crippen molar-refractivity contribution in [1.82, 2.24) is 0 Å². The molecule has 1 N–H and O–H groups in total. The van der Waals surface area contributed by atoms with Crippen molar-refractivity contribution in [2.75, 3.05) is 5.32 Å². The first kappa shape index (κ1) is 13.6. The molecule has 1 heterocycles. The van der Waals surface area contributed by atoms with E-state index in [0.717, 1.165) is 0 Å². The maximum absolute atomic E-state index is 11.5. The smallest absolute Gasteiger partial charge is 1.00 e. The maximum atomic E-state index is 11.5. The minimum Gasteiger partial charge on any atom is -1.00 e. The molecule has 76 valence electrons. The third-order valence-electron chi connectivity index (χ3n) is 1.79. The van der Waals surface area contributed by atoms with Crippen molar-refractivity contribution in [3.05, 3.63) is 23.2 Å². The Morgan fingerprint density at radius 2 is 2.13 bits per heavy atom. The maximum Gasteiger partial charge on any atom is 1.00 e. The molecule has 0 saturated carbocycles. The van der Waals surface area contributed by atoms with E-state index in [1.165, 1.54) is 6.07 Å². The molecule has 15 heavy (non-hydrogen) atoms. The average Bonchev–Trinajstić information content (AvgIpc) is 2.05. The molecule has 0 aromatic heterocycles. The van der Waals surface area contributed by atoms with Gasteiger partial charge >= 0.3 is 51.4 Å². The van der Waals surface area contributed by atoms with Gasteiger partial charge in [-0.15, -0.1) is 4.40 Å². The van der Waals surface area contributed by atoms with E-state index in [1.807, 2.05) is 0 Å². The minimum atomic E-state index is -3.57. The van der Waals surface area contributed by atoms with Crippen LogP contribution in [0.2, 0.25) is 5.02 Å². The van der Waals surface area contributed by atoms with Crippen LogP contribution in [0.25, 0.3) is 0 Å². The Balaban J connectivity index is 0.00000112. The van der Waals surface area contributed by atoms with Gasteiger partial charge in [-0.05, 0) is 25.1 Å². The predicted octanol–water partition coefficient (Wildman–Crippen LogP) is -1.01. The number of fused-ring (bicyclic) bond motifs is 1. The second-order valence-electron chi connectivity index (χ2n) is 2.92. The van der Waals surface area contributed by atoms with E-state index in [4.69, 9.17) is 11.6 Å². The summed E-state index contributed by atoms with van der Waals surface area (Å²) in [6.45, 7) is 1.59. The number of amidine groups is 1. The summed E-state index contributed by atoms with van der Waals surface area (Å²) in [7, 11) is -3.57. The molecular formula is C8H8ClKN2O2S. The Kier molecular flexibility index (Phi) is 4.39. The van der Waals surface area contributed by atoms with Crippen molar-refractivity contribution < 1.29 is 61.2 Å². The zero-order chi connectivity index (χ0) is 10.3. The van der Waals surface area contributed by atoms with Crippen molar-refractivity contribution in [3.8, 4) is 0 Å². The van der Waals surface area contributed by atoms with E-state index >= 15 is 0 Å². The van der Waals surface area contributed by atoms with Crippen molar-refractivity contribution >= 4 is 33.1 Å². The van der Waals surface area contributed by atoms with Crippen LogP contribution in [0.1, 0.15) is 8.35 Å². The van der Waals surface area contributed by atoms with Gasteiger partial charge in [-0.3, -0.25) is 0 Å². The van der Waals surface area contributed by atoms with Gasteiger partial charge in [-0.2, -0.15) is 8.42 Å². The molecule has 0 saturated heterocycles. The molecule has 4 nitrogen and oxygen atoms in total. The summed E-state index contributed by atoms with van der Waals surface area (Å²) in [5.74, 6) is 0.361. The third-order valence-corrected chi connectivity index (χ3v) is 3.44. The molecule has 1 aliphatic heterocycles. The first-order valence-electron chi connectivity index (χ1n) is 3.87. The third kappa shape index (κ3) is 2.82. The number of rotatable bonds is 0. The van der Waals surface area contributed by atoms with Crippen LogP contribution in [0.3, 0.4) is 0 Å². The van der Waals surface area contributed by atoms with Crippen molar-refractivity contribution in [2.45, 2.75) is 11.8 Å². The van der Waals surface area contributed by atoms with E-state index in [1.54, 1.807) is 19.1 Å². The molecule has 0 fully saturated rings. The van der Waals surface area contributed by atoms with Crippen LogP contribution in [0.5, 0.6) is 0 Å². The van der Waals surface area contributed by atoms with Crippen LogP contribution in [-0.2, 0) is 10.0 Å². The summed E-state index contributed by atoms with van der Waals surface area (Å²) >= 11 is 5.70. The molecule has 1 aliphatic rings. The fraction of sp³-hybridized carbons (Fsp3) is 0.125. The second-order valence-corrected chi connectivity index (χ2v) is 4.93. The van der Waals surface area contributed by atoms with E-state index in [0.29, 0.717) is 16.5 Å². The first-order valence-corrected chi connectivity index (χ1v) is 5.69. The van der Waals surface area contributed by atoms with Crippen LogP contribution in [0, 0.1) is 0 Å². The summed E-state index contributed by atoms with van der Waals surface area (Å²) in [4.78, 5) is 0.121. The number of hydrogen-bond donors (Lipinski definition) is 1. The molecule has 1 aromatic carbocycles. The van der Waals surface area contributed by atoms with Crippen LogP contribution in [0.15, 0.2) is 27.5 Å². The average molecular weight is 271 g/mol. The molecule has 0 aliphatic carbocycles. The molecule has 0 bridgehead atoms. The van der Waals surface area contributed by atoms with Gasteiger partial charge in [0.15, 0.2) is 0 Å². The number of halogens is 1. The van der Waals surface area contributed by atoms with Crippen LogP contribution in [0.4, 0.5) is 5.69 Å². The summed E-state index contributed by atoms with van der Waals surface area (Å²) in [6.07, 6.45) is 0.